The summed E-state index contributed by atoms with van der Waals surface area (Å²) in [7, 11) is 0. The normalized spacial score (nSPS) is 11.1. The smallest absolute Gasteiger partial charge is 0.0998 e. The van der Waals surface area contributed by atoms with Gasteiger partial charge in [-0.15, -0.1) is 0 Å². The van der Waals surface area contributed by atoms with Crippen LogP contribution in [-0.2, 0) is 0 Å². The molecule has 7 aromatic carbocycles. The number of nitrogens with zero attached hydrogens (tertiary/aromatic N) is 5. The molecule has 0 atom stereocenters. The highest BCUT2D eigenvalue weighted by atomic mass is 15.0. The van der Waals surface area contributed by atoms with Crippen molar-refractivity contribution < 1.29 is 0 Å². The molecule has 2 aromatic heterocycles. The van der Waals surface area contributed by atoms with E-state index >= 15 is 0 Å². The monoisotopic (exact) mass is 635 g/mol. The summed E-state index contributed by atoms with van der Waals surface area (Å²) in [5.74, 6) is 0. The molecule has 9 rings (SSSR count). The summed E-state index contributed by atoms with van der Waals surface area (Å²) in [6.07, 6.45) is 0. The molecule has 0 saturated carbocycles. The first-order valence-corrected chi connectivity index (χ1v) is 16.3. The van der Waals surface area contributed by atoms with Crippen LogP contribution in [0.15, 0.2) is 152 Å². The first-order valence-electron chi connectivity index (χ1n) is 16.3. The van der Waals surface area contributed by atoms with E-state index in [0.29, 0.717) is 16.7 Å². The van der Waals surface area contributed by atoms with Gasteiger partial charge < -0.3 is 9.13 Å². The fourth-order valence-electron chi connectivity index (χ4n) is 7.47. The fourth-order valence-corrected chi connectivity index (χ4v) is 7.47. The fraction of sp³-hybridized carbons (Fsp3) is 0. The van der Waals surface area contributed by atoms with Gasteiger partial charge in [-0.1, -0.05) is 91.0 Å². The Bertz CT molecular complexity index is 2920. The highest BCUT2D eigenvalue weighted by molar-refractivity contribution is 6.11. The largest absolute Gasteiger partial charge is 0.309 e. The maximum atomic E-state index is 10.6. The van der Waals surface area contributed by atoms with Crippen LogP contribution < -0.4 is 0 Å². The van der Waals surface area contributed by atoms with Crippen LogP contribution in [0.4, 0.5) is 0 Å². The first-order chi connectivity index (χ1) is 24.7. The Morgan fingerprint density at radius 1 is 0.360 bits per heavy atom. The van der Waals surface area contributed by atoms with Crippen LogP contribution in [0.3, 0.4) is 0 Å². The van der Waals surface area contributed by atoms with Crippen molar-refractivity contribution in [3.8, 4) is 51.8 Å². The lowest BCUT2D eigenvalue weighted by molar-refractivity contribution is 1.18. The molecule has 230 valence electrons. The predicted octanol–water partition coefficient (Wildman–Crippen LogP) is 10.8. The van der Waals surface area contributed by atoms with Crippen LogP contribution in [0.1, 0.15) is 16.7 Å². The number of para-hydroxylation sites is 3. The van der Waals surface area contributed by atoms with Crippen molar-refractivity contribution in [2.24, 2.45) is 0 Å². The minimum atomic E-state index is 0.557. The van der Waals surface area contributed by atoms with Gasteiger partial charge in [0.15, 0.2) is 0 Å². The van der Waals surface area contributed by atoms with Crippen LogP contribution in [0.5, 0.6) is 0 Å². The Hall–Kier alpha value is -7.39. The Balaban J connectivity index is 1.26. The number of rotatable bonds is 4. The lowest BCUT2D eigenvalue weighted by atomic mass is 9.91. The number of fused-ring (bicyclic) bond motifs is 6. The molecule has 0 aliphatic rings. The highest BCUT2D eigenvalue weighted by Gasteiger charge is 2.20. The SMILES string of the molecule is N#Cc1ccc2c(c1)c1ccc(C#N)cc1n2-c1ccccc1-c1ccccc1-c1ccc(-n2c3ccccc3c3ccccc32)cc1C#N. The second kappa shape index (κ2) is 11.4. The third kappa shape index (κ3) is 4.31. The lowest BCUT2D eigenvalue weighted by Crippen LogP contribution is -1.99. The molecule has 2 heterocycles. The molecule has 0 N–H and O–H groups in total. The van der Waals surface area contributed by atoms with E-state index in [2.05, 4.69) is 100 Å². The number of aromatic nitrogens is 2. The number of hydrogen-bond donors (Lipinski definition) is 0. The molecule has 0 amide bonds. The molecule has 0 aliphatic heterocycles. The van der Waals surface area contributed by atoms with Crippen molar-refractivity contribution in [1.82, 2.24) is 9.13 Å². The first kappa shape index (κ1) is 28.8. The second-order valence-corrected chi connectivity index (χ2v) is 12.3. The van der Waals surface area contributed by atoms with Gasteiger partial charge in [0, 0.05) is 38.4 Å². The van der Waals surface area contributed by atoms with Crippen molar-refractivity contribution in [2.45, 2.75) is 0 Å². The topological polar surface area (TPSA) is 81.2 Å². The molecule has 0 saturated heterocycles. The van der Waals surface area contributed by atoms with E-state index in [0.717, 1.165) is 66.5 Å². The van der Waals surface area contributed by atoms with E-state index in [4.69, 9.17) is 0 Å². The molecular weight excluding hydrogens is 611 g/mol. The second-order valence-electron chi connectivity index (χ2n) is 12.3. The summed E-state index contributed by atoms with van der Waals surface area (Å²) in [6.45, 7) is 0. The van der Waals surface area contributed by atoms with Gasteiger partial charge in [0.2, 0.25) is 0 Å². The number of benzene rings is 7. The van der Waals surface area contributed by atoms with Crippen LogP contribution >= 0.6 is 0 Å². The van der Waals surface area contributed by atoms with Crippen molar-refractivity contribution in [1.29, 1.82) is 15.8 Å². The van der Waals surface area contributed by atoms with E-state index in [-0.39, 0.29) is 0 Å². The van der Waals surface area contributed by atoms with Gasteiger partial charge in [-0.3, -0.25) is 0 Å². The van der Waals surface area contributed by atoms with Gasteiger partial charge in [0.1, 0.15) is 0 Å². The van der Waals surface area contributed by atoms with Gasteiger partial charge in [-0.2, -0.15) is 15.8 Å². The maximum absolute atomic E-state index is 10.6. The van der Waals surface area contributed by atoms with Gasteiger partial charge in [0.25, 0.3) is 0 Å². The van der Waals surface area contributed by atoms with Gasteiger partial charge in [-0.25, -0.2) is 0 Å². The minimum absolute atomic E-state index is 0.557. The standard InChI is InChI=1S/C45H25N5/c46-26-29-18-22-44-40(23-29)39-20-17-30(27-47)24-45(39)50(44)43-16-8-3-11-36(43)35-10-2-1-9-34(35)33-21-19-32(25-31(33)28-48)49-41-14-6-4-12-37(41)38-13-5-7-15-42(38)49/h1-25H. The Morgan fingerprint density at radius 3 is 1.62 bits per heavy atom. The van der Waals surface area contributed by atoms with Crippen molar-refractivity contribution in [2.75, 3.05) is 0 Å². The van der Waals surface area contributed by atoms with E-state index in [1.807, 2.05) is 78.9 Å². The molecule has 0 fully saturated rings. The number of hydrogen-bond acceptors (Lipinski definition) is 3. The lowest BCUT2D eigenvalue weighted by Gasteiger charge is -2.18. The summed E-state index contributed by atoms with van der Waals surface area (Å²) in [4.78, 5) is 0. The summed E-state index contributed by atoms with van der Waals surface area (Å²) < 4.78 is 4.40. The van der Waals surface area contributed by atoms with E-state index in [9.17, 15) is 15.8 Å². The molecule has 50 heavy (non-hydrogen) atoms. The average molecular weight is 636 g/mol. The Kier molecular flexibility index (Phi) is 6.56. The summed E-state index contributed by atoms with van der Waals surface area (Å²) in [6, 6.07) is 57.8. The number of nitriles is 3. The van der Waals surface area contributed by atoms with Crippen molar-refractivity contribution >= 4 is 43.6 Å². The third-order valence-corrected chi connectivity index (χ3v) is 9.64. The molecule has 0 unspecified atom stereocenters. The molecule has 5 heteroatoms. The summed E-state index contributed by atoms with van der Waals surface area (Å²) in [5, 5.41) is 34.4. The summed E-state index contributed by atoms with van der Waals surface area (Å²) >= 11 is 0. The molecule has 0 bridgehead atoms. The van der Waals surface area contributed by atoms with Crippen molar-refractivity contribution in [3.05, 3.63) is 168 Å². The molecule has 9 aromatic rings. The van der Waals surface area contributed by atoms with Crippen LogP contribution in [-0.4, -0.2) is 9.13 Å². The van der Waals surface area contributed by atoms with Crippen LogP contribution in [0, 0.1) is 34.0 Å². The zero-order chi connectivity index (χ0) is 33.8. The minimum Gasteiger partial charge on any atom is -0.309 e. The molecule has 0 radical (unpaired) electrons. The molecular formula is C45H25N5. The predicted molar refractivity (Wildman–Crippen MR) is 200 cm³/mol. The van der Waals surface area contributed by atoms with Crippen molar-refractivity contribution in [3.63, 3.8) is 0 Å². The molecule has 0 aliphatic carbocycles. The highest BCUT2D eigenvalue weighted by Crippen LogP contribution is 2.41. The Labute approximate surface area is 287 Å². The zero-order valence-corrected chi connectivity index (χ0v) is 26.7. The van der Waals surface area contributed by atoms with E-state index in [1.165, 1.54) is 10.8 Å². The quantitative estimate of drug-likeness (QED) is 0.193. The van der Waals surface area contributed by atoms with Crippen LogP contribution in [0.2, 0.25) is 0 Å². The van der Waals surface area contributed by atoms with E-state index < -0.39 is 0 Å². The van der Waals surface area contributed by atoms with Gasteiger partial charge >= 0.3 is 0 Å². The summed E-state index contributed by atoms with van der Waals surface area (Å²) in [5.41, 5.74) is 11.3. The maximum Gasteiger partial charge on any atom is 0.0998 e. The molecule has 0 spiro atoms. The Morgan fingerprint density at radius 2 is 0.920 bits per heavy atom. The van der Waals surface area contributed by atoms with Gasteiger partial charge in [0.05, 0.1) is 62.7 Å². The average Bonchev–Trinajstić information content (AvgIpc) is 3.69. The van der Waals surface area contributed by atoms with E-state index in [1.54, 1.807) is 0 Å². The van der Waals surface area contributed by atoms with Gasteiger partial charge in [-0.05, 0) is 71.8 Å². The zero-order valence-electron chi connectivity index (χ0n) is 26.7. The third-order valence-electron chi connectivity index (χ3n) is 9.64. The molecule has 5 nitrogen and oxygen atoms in total. The van der Waals surface area contributed by atoms with Crippen LogP contribution in [0.25, 0.3) is 77.2 Å².